The second-order valence-electron chi connectivity index (χ2n) is 15.6. The van der Waals surface area contributed by atoms with Gasteiger partial charge in [-0.15, -0.1) is 0 Å². The standard InChI is InChI=1S/C38H51N5O10S/c1-22-29(50-5)17-16-26-30(19-31(51-6)40-32(22)26)52-24-18-28-33(44)41-38(35(46)42-54(48,49)25-14-15-25)20-23(38)12-10-8-7-9-11-13-27(34(45)43(28)21-24)39-36(47)53-37(2,3)4/h10,12,16-17,19,23-25,27-28H,7-9,11,13-15,18,20-21H2,1-6H3,(H,39,47)(H,41,44)(H,42,46)/b12-10-/t23-,24-,27+,28+,38-/m1/s1. The lowest BCUT2D eigenvalue weighted by Gasteiger charge is -2.30. The van der Waals surface area contributed by atoms with Crippen LogP contribution in [0.15, 0.2) is 30.4 Å². The summed E-state index contributed by atoms with van der Waals surface area (Å²) in [6.45, 7) is 7.02. The van der Waals surface area contributed by atoms with Gasteiger partial charge < -0.3 is 34.5 Å². The third-order valence-electron chi connectivity index (χ3n) is 10.4. The molecule has 1 saturated heterocycles. The fraction of sp³-hybridized carbons (Fsp3) is 0.605. The Morgan fingerprint density at radius 2 is 1.80 bits per heavy atom. The SMILES string of the molecule is COc1cc(O[C@@H]2C[C@H]3C(=O)N[C@]4(C(=O)NS(=O)(=O)C5CC5)C[C@H]4/C=C\CCCCC[C@H](NC(=O)OC(C)(C)C)C(=O)N3C2)c2ccc(OC)c(C)c2n1. The molecule has 16 heteroatoms. The highest BCUT2D eigenvalue weighted by atomic mass is 32.2. The molecule has 0 unspecified atom stereocenters. The van der Waals surface area contributed by atoms with E-state index in [0.29, 0.717) is 60.4 Å². The molecule has 5 atom stereocenters. The lowest BCUT2D eigenvalue weighted by molar-refractivity contribution is -0.141. The molecule has 0 spiro atoms. The zero-order chi connectivity index (χ0) is 39.0. The van der Waals surface area contributed by atoms with Gasteiger partial charge in [0.1, 0.15) is 40.8 Å². The summed E-state index contributed by atoms with van der Waals surface area (Å²) >= 11 is 0. The predicted molar refractivity (Wildman–Crippen MR) is 199 cm³/mol. The first-order valence-corrected chi connectivity index (χ1v) is 20.1. The molecule has 3 fully saturated rings. The number of carbonyl (C=O) groups excluding carboxylic acids is 4. The molecule has 2 aliphatic carbocycles. The van der Waals surface area contributed by atoms with Gasteiger partial charge in [-0.1, -0.05) is 25.0 Å². The summed E-state index contributed by atoms with van der Waals surface area (Å²) in [4.78, 5) is 61.7. The van der Waals surface area contributed by atoms with Crippen LogP contribution in [0.4, 0.5) is 4.79 Å². The van der Waals surface area contributed by atoms with Crippen LogP contribution in [0.2, 0.25) is 0 Å². The summed E-state index contributed by atoms with van der Waals surface area (Å²) in [5.41, 5.74) is -0.964. The van der Waals surface area contributed by atoms with Crippen molar-refractivity contribution in [2.45, 2.75) is 120 Å². The third-order valence-corrected chi connectivity index (χ3v) is 12.2. The molecule has 294 valence electrons. The molecular weight excluding hydrogens is 719 g/mol. The Morgan fingerprint density at radius 1 is 1.04 bits per heavy atom. The average molecular weight is 770 g/mol. The summed E-state index contributed by atoms with van der Waals surface area (Å²) in [5, 5.41) is 5.65. The largest absolute Gasteiger partial charge is 0.496 e. The molecule has 2 aromatic rings. The number of nitrogens with zero attached hydrogens (tertiary/aromatic N) is 2. The zero-order valence-electron chi connectivity index (χ0n) is 31.7. The first-order chi connectivity index (χ1) is 25.5. The minimum absolute atomic E-state index is 0.0245. The predicted octanol–water partition coefficient (Wildman–Crippen LogP) is 3.81. The molecule has 54 heavy (non-hydrogen) atoms. The number of rotatable bonds is 8. The van der Waals surface area contributed by atoms with E-state index >= 15 is 0 Å². The summed E-state index contributed by atoms with van der Waals surface area (Å²) in [6.07, 6.45) is 6.67. The molecule has 1 aromatic carbocycles. The van der Waals surface area contributed by atoms with Gasteiger partial charge in [-0.05, 0) is 78.4 Å². The van der Waals surface area contributed by atoms with E-state index in [1.165, 1.54) is 12.0 Å². The van der Waals surface area contributed by atoms with Crippen molar-refractivity contribution in [1.82, 2.24) is 25.2 Å². The normalized spacial score (nSPS) is 27.0. The number of ether oxygens (including phenoxy) is 4. The summed E-state index contributed by atoms with van der Waals surface area (Å²) in [6, 6.07) is 3.12. The van der Waals surface area contributed by atoms with Crippen molar-refractivity contribution < 1.29 is 46.5 Å². The van der Waals surface area contributed by atoms with E-state index in [-0.39, 0.29) is 19.4 Å². The number of aromatic nitrogens is 1. The molecule has 4 aliphatic rings. The highest BCUT2D eigenvalue weighted by molar-refractivity contribution is 7.91. The Labute approximate surface area is 315 Å². The van der Waals surface area contributed by atoms with E-state index < -0.39 is 74.3 Å². The van der Waals surface area contributed by atoms with Crippen molar-refractivity contribution in [2.24, 2.45) is 5.92 Å². The van der Waals surface area contributed by atoms with Crippen LogP contribution in [0.25, 0.3) is 10.9 Å². The maximum Gasteiger partial charge on any atom is 0.408 e. The molecule has 2 aliphatic heterocycles. The average Bonchev–Trinajstić information content (AvgIpc) is 4.03. The number of hydrogen-bond donors (Lipinski definition) is 3. The summed E-state index contributed by atoms with van der Waals surface area (Å²) in [5.74, 6) is -1.03. The maximum atomic E-state index is 14.5. The van der Waals surface area contributed by atoms with Gasteiger partial charge in [0, 0.05) is 29.4 Å². The van der Waals surface area contributed by atoms with Crippen LogP contribution in [0.3, 0.4) is 0 Å². The quantitative estimate of drug-likeness (QED) is 0.331. The molecule has 6 rings (SSSR count). The third kappa shape index (κ3) is 8.53. The minimum Gasteiger partial charge on any atom is -0.496 e. The van der Waals surface area contributed by atoms with Crippen LogP contribution in [0.1, 0.15) is 84.1 Å². The molecule has 0 bridgehead atoms. The van der Waals surface area contributed by atoms with E-state index in [2.05, 4.69) is 20.3 Å². The fourth-order valence-corrected chi connectivity index (χ4v) is 8.62. The lowest BCUT2D eigenvalue weighted by Crippen LogP contribution is -2.58. The van der Waals surface area contributed by atoms with Crippen LogP contribution in [0.5, 0.6) is 17.4 Å². The molecular formula is C38H51N5O10S. The zero-order valence-corrected chi connectivity index (χ0v) is 32.5. The number of carbonyl (C=O) groups is 4. The van der Waals surface area contributed by atoms with Gasteiger partial charge in [0.25, 0.3) is 5.91 Å². The molecule has 2 saturated carbocycles. The van der Waals surface area contributed by atoms with Crippen molar-refractivity contribution in [1.29, 1.82) is 0 Å². The van der Waals surface area contributed by atoms with Crippen LogP contribution in [-0.2, 0) is 29.1 Å². The van der Waals surface area contributed by atoms with Crippen LogP contribution in [-0.4, -0.2) is 97.5 Å². The Kier molecular flexibility index (Phi) is 11.1. The lowest BCUT2D eigenvalue weighted by atomic mass is 10.0. The number of fused-ring (bicyclic) bond motifs is 3. The summed E-state index contributed by atoms with van der Waals surface area (Å²) < 4.78 is 51.0. The van der Waals surface area contributed by atoms with E-state index in [0.717, 1.165) is 18.4 Å². The number of alkyl carbamates (subject to hydrolysis) is 1. The van der Waals surface area contributed by atoms with Gasteiger partial charge in [-0.3, -0.25) is 19.1 Å². The topological polar surface area (TPSA) is 192 Å². The van der Waals surface area contributed by atoms with Gasteiger partial charge in [0.2, 0.25) is 27.7 Å². The number of pyridine rings is 1. The Balaban J connectivity index is 1.34. The van der Waals surface area contributed by atoms with Crippen molar-refractivity contribution in [3.63, 3.8) is 0 Å². The Bertz CT molecular complexity index is 1940. The first-order valence-electron chi connectivity index (χ1n) is 18.6. The second-order valence-corrected chi connectivity index (χ2v) is 17.6. The number of sulfonamides is 1. The van der Waals surface area contributed by atoms with Crippen LogP contribution in [0, 0.1) is 12.8 Å². The van der Waals surface area contributed by atoms with Crippen LogP contribution < -0.4 is 29.6 Å². The Morgan fingerprint density at radius 3 is 2.48 bits per heavy atom. The van der Waals surface area contributed by atoms with E-state index in [1.54, 1.807) is 40.0 Å². The highest BCUT2D eigenvalue weighted by Gasteiger charge is 2.62. The van der Waals surface area contributed by atoms with Crippen molar-refractivity contribution in [3.8, 4) is 17.4 Å². The van der Waals surface area contributed by atoms with E-state index in [9.17, 15) is 27.6 Å². The minimum atomic E-state index is -3.90. The number of nitrogens with one attached hydrogen (secondary N) is 3. The number of benzene rings is 1. The molecule has 4 amide bonds. The van der Waals surface area contributed by atoms with Crippen molar-refractivity contribution in [2.75, 3.05) is 20.8 Å². The molecule has 3 heterocycles. The van der Waals surface area contributed by atoms with Gasteiger partial charge in [0.05, 0.1) is 31.5 Å². The van der Waals surface area contributed by atoms with Gasteiger partial charge in [0.15, 0.2) is 0 Å². The molecule has 1 aromatic heterocycles. The smallest absolute Gasteiger partial charge is 0.408 e. The van der Waals surface area contributed by atoms with Gasteiger partial charge in [-0.2, -0.15) is 0 Å². The number of hydrogen-bond acceptors (Lipinski definition) is 11. The van der Waals surface area contributed by atoms with Gasteiger partial charge in [-0.25, -0.2) is 18.2 Å². The fourth-order valence-electron chi connectivity index (χ4n) is 7.26. The monoisotopic (exact) mass is 769 g/mol. The maximum absolute atomic E-state index is 14.5. The van der Waals surface area contributed by atoms with E-state index in [1.807, 2.05) is 25.1 Å². The van der Waals surface area contributed by atoms with Gasteiger partial charge >= 0.3 is 6.09 Å². The molecule has 0 radical (unpaired) electrons. The number of amides is 4. The van der Waals surface area contributed by atoms with Crippen LogP contribution >= 0.6 is 0 Å². The van der Waals surface area contributed by atoms with E-state index in [4.69, 9.17) is 18.9 Å². The Hall–Kier alpha value is -4.60. The van der Waals surface area contributed by atoms with Crippen molar-refractivity contribution >= 4 is 44.7 Å². The second kappa shape index (κ2) is 15.3. The molecule has 15 nitrogen and oxygen atoms in total. The summed E-state index contributed by atoms with van der Waals surface area (Å²) in [7, 11) is -0.842. The molecule has 3 N–H and O–H groups in total. The highest BCUT2D eigenvalue weighted by Crippen LogP contribution is 2.46. The first kappa shape index (κ1) is 39.1. The van der Waals surface area contributed by atoms with Crippen molar-refractivity contribution in [3.05, 3.63) is 35.9 Å². The number of aryl methyl sites for hydroxylation is 1. The number of allylic oxidation sites excluding steroid dienone is 1. The number of methoxy groups -OCH3 is 2.